The van der Waals surface area contributed by atoms with Crippen LogP contribution >= 0.6 is 0 Å². The third-order valence-electron chi connectivity index (χ3n) is 2.74. The van der Waals surface area contributed by atoms with Gasteiger partial charge < -0.3 is 14.2 Å². The highest BCUT2D eigenvalue weighted by molar-refractivity contribution is 5.82. The van der Waals surface area contributed by atoms with E-state index in [4.69, 9.17) is 14.2 Å². The summed E-state index contributed by atoms with van der Waals surface area (Å²) in [5, 5.41) is 4.13. The number of anilines is 1. The van der Waals surface area contributed by atoms with Crippen LogP contribution in [-0.2, 0) is 0 Å². The zero-order valence-electron chi connectivity index (χ0n) is 12.2. The molecule has 0 amide bonds. The molecule has 6 nitrogen and oxygen atoms in total. The summed E-state index contributed by atoms with van der Waals surface area (Å²) in [6, 6.07) is 9.17. The van der Waals surface area contributed by atoms with E-state index in [2.05, 4.69) is 15.5 Å². The van der Waals surface area contributed by atoms with Gasteiger partial charge in [0.15, 0.2) is 11.5 Å². The normalized spacial score (nSPS) is 10.4. The molecule has 0 atom stereocenters. The van der Waals surface area contributed by atoms with Gasteiger partial charge >= 0.3 is 0 Å². The lowest BCUT2D eigenvalue weighted by Gasteiger charge is -2.12. The summed E-state index contributed by atoms with van der Waals surface area (Å²) < 4.78 is 15.8. The summed E-state index contributed by atoms with van der Waals surface area (Å²) in [5.74, 6) is 2.38. The number of benzene rings is 1. The van der Waals surface area contributed by atoms with Crippen molar-refractivity contribution >= 4 is 12.0 Å². The van der Waals surface area contributed by atoms with E-state index in [0.717, 1.165) is 5.56 Å². The second-order valence-electron chi connectivity index (χ2n) is 4.04. The molecule has 0 aliphatic heterocycles. The van der Waals surface area contributed by atoms with E-state index >= 15 is 0 Å². The first-order chi connectivity index (χ1) is 10.3. The molecular formula is C15H17N3O3. The zero-order chi connectivity index (χ0) is 15.1. The van der Waals surface area contributed by atoms with Gasteiger partial charge in [0.25, 0.3) is 0 Å². The van der Waals surface area contributed by atoms with Gasteiger partial charge in [0, 0.05) is 11.8 Å². The van der Waals surface area contributed by atoms with Crippen LogP contribution in [0.4, 0.5) is 5.82 Å². The monoisotopic (exact) mass is 287 g/mol. The van der Waals surface area contributed by atoms with Crippen LogP contribution in [-0.4, -0.2) is 32.5 Å². The Kier molecular flexibility index (Phi) is 4.98. The van der Waals surface area contributed by atoms with E-state index < -0.39 is 0 Å². The molecule has 0 aliphatic rings. The van der Waals surface area contributed by atoms with E-state index in [-0.39, 0.29) is 0 Å². The Labute approximate surface area is 123 Å². The van der Waals surface area contributed by atoms with Gasteiger partial charge in [-0.2, -0.15) is 5.10 Å². The fraction of sp³-hybridized carbons (Fsp3) is 0.200. The van der Waals surface area contributed by atoms with Crippen LogP contribution in [0.25, 0.3) is 0 Å². The smallest absolute Gasteiger partial charge is 0.203 e. The highest BCUT2D eigenvalue weighted by Gasteiger charge is 2.12. The van der Waals surface area contributed by atoms with E-state index in [1.807, 2.05) is 30.3 Å². The fourth-order valence-corrected chi connectivity index (χ4v) is 1.78. The Morgan fingerprint density at radius 3 is 2.29 bits per heavy atom. The number of nitrogens with zero attached hydrogens (tertiary/aromatic N) is 2. The van der Waals surface area contributed by atoms with Crippen LogP contribution in [0, 0.1) is 0 Å². The molecule has 6 heteroatoms. The first kappa shape index (κ1) is 14.6. The predicted molar refractivity (Wildman–Crippen MR) is 81.6 cm³/mol. The van der Waals surface area contributed by atoms with Crippen molar-refractivity contribution in [1.82, 2.24) is 4.98 Å². The minimum Gasteiger partial charge on any atom is -0.493 e. The lowest BCUT2D eigenvalue weighted by Crippen LogP contribution is -1.98. The average Bonchev–Trinajstić information content (AvgIpc) is 2.54. The average molecular weight is 287 g/mol. The fourth-order valence-electron chi connectivity index (χ4n) is 1.78. The van der Waals surface area contributed by atoms with Crippen LogP contribution in [0.5, 0.6) is 17.2 Å². The molecule has 1 N–H and O–H groups in total. The molecule has 21 heavy (non-hydrogen) atoms. The van der Waals surface area contributed by atoms with E-state index in [9.17, 15) is 0 Å². The molecule has 0 radical (unpaired) electrons. The van der Waals surface area contributed by atoms with E-state index in [0.29, 0.717) is 23.1 Å². The first-order valence-electron chi connectivity index (χ1n) is 6.28. The number of pyridine rings is 1. The number of nitrogens with one attached hydrogen (secondary N) is 1. The minimum atomic E-state index is 0.551. The molecule has 0 saturated carbocycles. The molecule has 0 unspecified atom stereocenters. The van der Waals surface area contributed by atoms with Crippen molar-refractivity contribution in [2.45, 2.75) is 0 Å². The zero-order valence-corrected chi connectivity index (χ0v) is 12.2. The number of hydrogen-bond donors (Lipinski definition) is 1. The number of aromatic nitrogens is 1. The molecule has 0 saturated heterocycles. The van der Waals surface area contributed by atoms with Gasteiger partial charge in [-0.25, -0.2) is 4.98 Å². The Balaban J connectivity index is 2.20. The van der Waals surface area contributed by atoms with Gasteiger partial charge in [0.1, 0.15) is 5.82 Å². The molecule has 1 aromatic carbocycles. The molecular weight excluding hydrogens is 270 g/mol. The molecule has 2 rings (SSSR count). The summed E-state index contributed by atoms with van der Waals surface area (Å²) in [6.45, 7) is 0. The van der Waals surface area contributed by atoms with Crippen molar-refractivity contribution in [2.24, 2.45) is 5.10 Å². The van der Waals surface area contributed by atoms with Crippen LogP contribution < -0.4 is 19.6 Å². The van der Waals surface area contributed by atoms with Crippen LogP contribution in [0.3, 0.4) is 0 Å². The van der Waals surface area contributed by atoms with Crippen molar-refractivity contribution in [3.63, 3.8) is 0 Å². The first-order valence-corrected chi connectivity index (χ1v) is 6.28. The van der Waals surface area contributed by atoms with Gasteiger partial charge in [-0.15, -0.1) is 0 Å². The molecule has 0 bridgehead atoms. The second-order valence-corrected chi connectivity index (χ2v) is 4.04. The van der Waals surface area contributed by atoms with Gasteiger partial charge in [0.05, 0.1) is 27.5 Å². The SMILES string of the molecule is COc1cc(/C=N/Nc2ccccn2)cc(OC)c1OC. The number of hydrogen-bond acceptors (Lipinski definition) is 6. The van der Waals surface area contributed by atoms with E-state index in [1.165, 1.54) is 0 Å². The highest BCUT2D eigenvalue weighted by Crippen LogP contribution is 2.37. The standard InChI is InChI=1S/C15H17N3O3/c1-19-12-8-11(9-13(20-2)15(12)21-3)10-17-18-14-6-4-5-7-16-14/h4-10H,1-3H3,(H,16,18)/b17-10+. The number of ether oxygens (including phenoxy) is 3. The Hall–Kier alpha value is -2.76. The third-order valence-corrected chi connectivity index (χ3v) is 2.74. The third kappa shape index (κ3) is 3.62. The van der Waals surface area contributed by atoms with Crippen molar-refractivity contribution in [3.05, 3.63) is 42.1 Å². The maximum atomic E-state index is 5.28. The quantitative estimate of drug-likeness (QED) is 0.653. The largest absolute Gasteiger partial charge is 0.493 e. The van der Waals surface area contributed by atoms with Crippen LogP contribution in [0.1, 0.15) is 5.56 Å². The second kappa shape index (κ2) is 7.14. The van der Waals surface area contributed by atoms with Crippen molar-refractivity contribution in [2.75, 3.05) is 26.8 Å². The molecule has 0 fully saturated rings. The molecule has 1 aromatic heterocycles. The van der Waals surface area contributed by atoms with Gasteiger partial charge in [-0.05, 0) is 24.3 Å². The molecule has 2 aromatic rings. The Morgan fingerprint density at radius 2 is 1.76 bits per heavy atom. The van der Waals surface area contributed by atoms with Crippen molar-refractivity contribution in [1.29, 1.82) is 0 Å². The lowest BCUT2D eigenvalue weighted by molar-refractivity contribution is 0.324. The predicted octanol–water partition coefficient (Wildman–Crippen LogP) is 2.55. The van der Waals surface area contributed by atoms with Crippen LogP contribution in [0.15, 0.2) is 41.6 Å². The maximum absolute atomic E-state index is 5.28. The molecule has 1 heterocycles. The van der Waals surface area contributed by atoms with Crippen molar-refractivity contribution < 1.29 is 14.2 Å². The summed E-state index contributed by atoms with van der Waals surface area (Å²) >= 11 is 0. The summed E-state index contributed by atoms with van der Waals surface area (Å²) in [6.07, 6.45) is 3.34. The Bertz CT molecular complexity index is 590. The summed E-state index contributed by atoms with van der Waals surface area (Å²) in [7, 11) is 4.71. The topological polar surface area (TPSA) is 65.0 Å². The number of hydrazone groups is 1. The van der Waals surface area contributed by atoms with Gasteiger partial charge in [0.2, 0.25) is 5.75 Å². The van der Waals surface area contributed by atoms with Crippen LogP contribution in [0.2, 0.25) is 0 Å². The lowest BCUT2D eigenvalue weighted by atomic mass is 10.2. The summed E-state index contributed by atoms with van der Waals surface area (Å²) in [4.78, 5) is 4.11. The summed E-state index contributed by atoms with van der Waals surface area (Å²) in [5.41, 5.74) is 3.66. The Morgan fingerprint density at radius 1 is 1.05 bits per heavy atom. The van der Waals surface area contributed by atoms with E-state index in [1.54, 1.807) is 33.7 Å². The number of rotatable bonds is 6. The van der Waals surface area contributed by atoms with Gasteiger partial charge in [-0.3, -0.25) is 5.43 Å². The minimum absolute atomic E-state index is 0.551. The van der Waals surface area contributed by atoms with Crippen molar-refractivity contribution in [3.8, 4) is 17.2 Å². The molecule has 110 valence electrons. The number of methoxy groups -OCH3 is 3. The maximum Gasteiger partial charge on any atom is 0.203 e. The van der Waals surface area contributed by atoms with Gasteiger partial charge in [-0.1, -0.05) is 6.07 Å². The highest BCUT2D eigenvalue weighted by atomic mass is 16.5. The molecule has 0 spiro atoms. The molecule has 0 aliphatic carbocycles.